The SMILES string of the molecule is O=C(Cc1c[nH]c2ccccc12)NCCC1OCCCO1. The second-order valence-corrected chi connectivity index (χ2v) is 5.20. The molecule has 0 aliphatic carbocycles. The molecule has 5 heteroatoms. The van der Waals surface area contributed by atoms with Crippen LogP contribution in [-0.4, -0.2) is 36.9 Å². The van der Waals surface area contributed by atoms with Gasteiger partial charge in [0.25, 0.3) is 0 Å². The fraction of sp³-hybridized carbons (Fsp3) is 0.438. The summed E-state index contributed by atoms with van der Waals surface area (Å²) in [5, 5.41) is 4.02. The van der Waals surface area contributed by atoms with Gasteiger partial charge < -0.3 is 19.8 Å². The lowest BCUT2D eigenvalue weighted by Crippen LogP contribution is -2.32. The number of hydrogen-bond donors (Lipinski definition) is 2. The lowest BCUT2D eigenvalue weighted by Gasteiger charge is -2.23. The van der Waals surface area contributed by atoms with Crippen LogP contribution in [0.25, 0.3) is 10.9 Å². The summed E-state index contributed by atoms with van der Waals surface area (Å²) in [6, 6.07) is 7.99. The molecule has 112 valence electrons. The quantitative estimate of drug-likeness (QED) is 0.884. The van der Waals surface area contributed by atoms with Crippen molar-refractivity contribution in [1.29, 1.82) is 0 Å². The monoisotopic (exact) mass is 288 g/mol. The van der Waals surface area contributed by atoms with Crippen molar-refractivity contribution in [2.24, 2.45) is 0 Å². The van der Waals surface area contributed by atoms with Gasteiger partial charge in [-0.3, -0.25) is 4.79 Å². The minimum Gasteiger partial charge on any atom is -0.361 e. The fourth-order valence-electron chi connectivity index (χ4n) is 2.55. The number of benzene rings is 1. The van der Waals surface area contributed by atoms with Crippen molar-refractivity contribution in [3.63, 3.8) is 0 Å². The van der Waals surface area contributed by atoms with Gasteiger partial charge in [-0.2, -0.15) is 0 Å². The van der Waals surface area contributed by atoms with Crippen LogP contribution < -0.4 is 5.32 Å². The van der Waals surface area contributed by atoms with Gasteiger partial charge in [0, 0.05) is 30.1 Å². The summed E-state index contributed by atoms with van der Waals surface area (Å²) in [6.45, 7) is 2.06. The van der Waals surface area contributed by atoms with E-state index >= 15 is 0 Å². The number of aromatic amines is 1. The first-order chi connectivity index (χ1) is 10.3. The van der Waals surface area contributed by atoms with Crippen LogP contribution in [0.15, 0.2) is 30.5 Å². The zero-order valence-corrected chi connectivity index (χ0v) is 11.9. The van der Waals surface area contributed by atoms with Crippen LogP contribution in [0.2, 0.25) is 0 Å². The molecule has 0 atom stereocenters. The highest BCUT2D eigenvalue weighted by molar-refractivity contribution is 5.88. The normalized spacial score (nSPS) is 16.2. The van der Waals surface area contributed by atoms with Crippen LogP contribution >= 0.6 is 0 Å². The standard InChI is InChI=1S/C16H20N2O3/c19-15(17-7-6-16-20-8-3-9-21-16)10-12-11-18-14-5-2-1-4-13(12)14/h1-2,4-5,11,16,18H,3,6-10H2,(H,17,19). The van der Waals surface area contributed by atoms with Crippen LogP contribution in [0.3, 0.4) is 0 Å². The topological polar surface area (TPSA) is 63.4 Å². The van der Waals surface area contributed by atoms with E-state index in [9.17, 15) is 4.79 Å². The first-order valence-electron chi connectivity index (χ1n) is 7.38. The predicted octanol–water partition coefficient (Wildman–Crippen LogP) is 1.98. The van der Waals surface area contributed by atoms with E-state index in [2.05, 4.69) is 10.3 Å². The molecule has 0 saturated carbocycles. The molecule has 5 nitrogen and oxygen atoms in total. The molecule has 0 spiro atoms. The van der Waals surface area contributed by atoms with Crippen molar-refractivity contribution < 1.29 is 14.3 Å². The molecule has 0 bridgehead atoms. The Kier molecular flexibility index (Phi) is 4.52. The average molecular weight is 288 g/mol. The number of aromatic nitrogens is 1. The number of amides is 1. The molecule has 1 aliphatic heterocycles. The molecule has 1 aliphatic rings. The number of hydrogen-bond acceptors (Lipinski definition) is 3. The molecule has 3 rings (SSSR count). The number of carbonyl (C=O) groups excluding carboxylic acids is 1. The summed E-state index contributed by atoms with van der Waals surface area (Å²) in [4.78, 5) is 15.2. The minimum atomic E-state index is -0.174. The smallest absolute Gasteiger partial charge is 0.224 e. The Bertz CT molecular complexity index is 602. The summed E-state index contributed by atoms with van der Waals surface area (Å²) in [5.74, 6) is 0.0237. The highest BCUT2D eigenvalue weighted by Crippen LogP contribution is 2.18. The van der Waals surface area contributed by atoms with Gasteiger partial charge in [-0.1, -0.05) is 18.2 Å². The molecule has 1 aromatic heterocycles. The van der Waals surface area contributed by atoms with E-state index < -0.39 is 0 Å². The molecule has 2 aromatic rings. The van der Waals surface area contributed by atoms with Gasteiger partial charge in [-0.25, -0.2) is 0 Å². The highest BCUT2D eigenvalue weighted by Gasteiger charge is 2.14. The molecule has 2 heterocycles. The van der Waals surface area contributed by atoms with Gasteiger partial charge in [-0.05, 0) is 18.1 Å². The van der Waals surface area contributed by atoms with Crippen molar-refractivity contribution in [3.05, 3.63) is 36.0 Å². The van der Waals surface area contributed by atoms with E-state index in [0.717, 1.165) is 36.1 Å². The van der Waals surface area contributed by atoms with Gasteiger partial charge in [0.1, 0.15) is 0 Å². The van der Waals surface area contributed by atoms with Crippen LogP contribution in [0.5, 0.6) is 0 Å². The predicted molar refractivity (Wildman–Crippen MR) is 79.9 cm³/mol. The molecule has 0 unspecified atom stereocenters. The average Bonchev–Trinajstić information content (AvgIpc) is 2.92. The van der Waals surface area contributed by atoms with Crippen molar-refractivity contribution in [1.82, 2.24) is 10.3 Å². The molecule has 2 N–H and O–H groups in total. The Balaban J connectivity index is 1.47. The third-order valence-corrected chi connectivity index (χ3v) is 3.62. The summed E-state index contributed by atoms with van der Waals surface area (Å²) < 4.78 is 10.9. The molecule has 1 fully saturated rings. The van der Waals surface area contributed by atoms with Crippen LogP contribution in [0.1, 0.15) is 18.4 Å². The van der Waals surface area contributed by atoms with Crippen molar-refractivity contribution in [3.8, 4) is 0 Å². The number of fused-ring (bicyclic) bond motifs is 1. The molecule has 1 saturated heterocycles. The van der Waals surface area contributed by atoms with Crippen molar-refractivity contribution in [2.45, 2.75) is 25.6 Å². The van der Waals surface area contributed by atoms with E-state index in [1.807, 2.05) is 30.5 Å². The Morgan fingerprint density at radius 1 is 1.29 bits per heavy atom. The molecular formula is C16H20N2O3. The number of nitrogens with one attached hydrogen (secondary N) is 2. The summed E-state index contributed by atoms with van der Waals surface area (Å²) in [7, 11) is 0. The fourth-order valence-corrected chi connectivity index (χ4v) is 2.55. The first-order valence-corrected chi connectivity index (χ1v) is 7.38. The zero-order chi connectivity index (χ0) is 14.5. The van der Waals surface area contributed by atoms with Gasteiger partial charge >= 0.3 is 0 Å². The van der Waals surface area contributed by atoms with E-state index in [1.165, 1.54) is 0 Å². The zero-order valence-electron chi connectivity index (χ0n) is 11.9. The van der Waals surface area contributed by atoms with Gasteiger partial charge in [0.05, 0.1) is 19.6 Å². The summed E-state index contributed by atoms with van der Waals surface area (Å²) >= 11 is 0. The maximum absolute atomic E-state index is 12.0. The number of ether oxygens (including phenoxy) is 2. The maximum atomic E-state index is 12.0. The molecule has 21 heavy (non-hydrogen) atoms. The molecular weight excluding hydrogens is 268 g/mol. The Labute approximate surface area is 123 Å². The van der Waals surface area contributed by atoms with Crippen LogP contribution in [0.4, 0.5) is 0 Å². The second kappa shape index (κ2) is 6.74. The van der Waals surface area contributed by atoms with E-state index in [1.54, 1.807) is 0 Å². The Morgan fingerprint density at radius 2 is 2.10 bits per heavy atom. The number of carbonyl (C=O) groups is 1. The van der Waals surface area contributed by atoms with E-state index in [4.69, 9.17) is 9.47 Å². The van der Waals surface area contributed by atoms with Crippen molar-refractivity contribution >= 4 is 16.8 Å². The third-order valence-electron chi connectivity index (χ3n) is 3.62. The molecule has 1 aromatic carbocycles. The number of para-hydroxylation sites is 1. The lowest BCUT2D eigenvalue weighted by atomic mass is 10.1. The van der Waals surface area contributed by atoms with Crippen molar-refractivity contribution in [2.75, 3.05) is 19.8 Å². The minimum absolute atomic E-state index is 0.0237. The van der Waals surface area contributed by atoms with E-state index in [0.29, 0.717) is 19.4 Å². The summed E-state index contributed by atoms with van der Waals surface area (Å²) in [6.07, 6.45) is 3.75. The largest absolute Gasteiger partial charge is 0.361 e. The Hall–Kier alpha value is -1.85. The van der Waals surface area contributed by atoms with Gasteiger partial charge in [0.15, 0.2) is 6.29 Å². The number of rotatable bonds is 5. The van der Waals surface area contributed by atoms with E-state index in [-0.39, 0.29) is 12.2 Å². The second-order valence-electron chi connectivity index (χ2n) is 5.20. The molecule has 0 radical (unpaired) electrons. The first kappa shape index (κ1) is 14.1. The Morgan fingerprint density at radius 3 is 2.95 bits per heavy atom. The summed E-state index contributed by atoms with van der Waals surface area (Å²) in [5.41, 5.74) is 2.08. The van der Waals surface area contributed by atoms with Gasteiger partial charge in [-0.15, -0.1) is 0 Å². The third kappa shape index (κ3) is 3.62. The number of H-pyrrole nitrogens is 1. The maximum Gasteiger partial charge on any atom is 0.224 e. The van der Waals surface area contributed by atoms with Crippen LogP contribution in [0, 0.1) is 0 Å². The highest BCUT2D eigenvalue weighted by atomic mass is 16.7. The lowest BCUT2D eigenvalue weighted by molar-refractivity contribution is -0.180. The van der Waals surface area contributed by atoms with Crippen LogP contribution in [-0.2, 0) is 20.7 Å². The molecule has 1 amide bonds. The van der Waals surface area contributed by atoms with Gasteiger partial charge in [0.2, 0.25) is 5.91 Å².